The Morgan fingerprint density at radius 2 is 1.88 bits per heavy atom. The lowest BCUT2D eigenvalue weighted by Crippen LogP contribution is -2.51. The van der Waals surface area contributed by atoms with Crippen molar-refractivity contribution in [1.82, 2.24) is 9.62 Å². The highest BCUT2D eigenvalue weighted by Crippen LogP contribution is 2.33. The van der Waals surface area contributed by atoms with Gasteiger partial charge in [0.1, 0.15) is 0 Å². The largest absolute Gasteiger partial charge is 0.395 e. The van der Waals surface area contributed by atoms with Crippen LogP contribution in [-0.2, 0) is 10.0 Å². The molecule has 6 heteroatoms. The Bertz CT molecular complexity index is 308. The van der Waals surface area contributed by atoms with Crippen LogP contribution in [-0.4, -0.2) is 57.0 Å². The fraction of sp³-hybridized carbons (Fsp3) is 1.00. The number of nitrogens with zero attached hydrogens (tertiary/aromatic N) is 1. The smallest absolute Gasteiger partial charge is 0.213 e. The Hall–Kier alpha value is -0.170. The lowest BCUT2D eigenvalue weighted by Gasteiger charge is -2.36. The van der Waals surface area contributed by atoms with Gasteiger partial charge in [-0.15, -0.1) is 0 Å². The molecular weight excluding hydrogens is 228 g/mol. The Labute approximate surface area is 97.9 Å². The molecule has 1 aliphatic carbocycles. The minimum Gasteiger partial charge on any atom is -0.395 e. The molecule has 0 bridgehead atoms. The van der Waals surface area contributed by atoms with Crippen LogP contribution in [0, 0.1) is 0 Å². The summed E-state index contributed by atoms with van der Waals surface area (Å²) >= 11 is 0. The van der Waals surface area contributed by atoms with Gasteiger partial charge in [0.25, 0.3) is 0 Å². The average Bonchev–Trinajstić information content (AvgIpc) is 2.64. The van der Waals surface area contributed by atoms with Crippen molar-refractivity contribution in [3.63, 3.8) is 0 Å². The van der Waals surface area contributed by atoms with Gasteiger partial charge in [-0.3, -0.25) is 0 Å². The van der Waals surface area contributed by atoms with E-state index in [1.54, 1.807) is 0 Å². The third-order valence-electron chi connectivity index (χ3n) is 3.46. The van der Waals surface area contributed by atoms with E-state index in [1.807, 2.05) is 14.1 Å². The lowest BCUT2D eigenvalue weighted by atomic mass is 9.97. The second-order valence-electron chi connectivity index (χ2n) is 4.69. The van der Waals surface area contributed by atoms with Crippen LogP contribution in [0.2, 0.25) is 0 Å². The van der Waals surface area contributed by atoms with Crippen LogP contribution in [0.4, 0.5) is 0 Å². The fourth-order valence-electron chi connectivity index (χ4n) is 2.25. The van der Waals surface area contributed by atoms with Crippen molar-refractivity contribution in [2.45, 2.75) is 31.2 Å². The number of likely N-dealkylation sites (N-methyl/N-ethyl adjacent to an activating group) is 1. The monoisotopic (exact) mass is 250 g/mol. The summed E-state index contributed by atoms with van der Waals surface area (Å²) in [4.78, 5) is 2.11. The van der Waals surface area contributed by atoms with Crippen LogP contribution < -0.4 is 4.72 Å². The summed E-state index contributed by atoms with van der Waals surface area (Å²) in [6, 6.07) is 0. The van der Waals surface area contributed by atoms with Crippen LogP contribution in [0.5, 0.6) is 0 Å². The highest BCUT2D eigenvalue weighted by Gasteiger charge is 2.36. The standard InChI is InChI=1S/C10H22N2O3S/c1-12(2)10(5-3-4-6-10)9-11-16(14,15)8-7-13/h11,13H,3-9H2,1-2H3. The number of sulfonamides is 1. The predicted molar refractivity (Wildman–Crippen MR) is 63.8 cm³/mol. The maximum Gasteiger partial charge on any atom is 0.213 e. The zero-order valence-corrected chi connectivity index (χ0v) is 10.9. The van der Waals surface area contributed by atoms with E-state index in [9.17, 15) is 8.42 Å². The van der Waals surface area contributed by atoms with Crippen molar-refractivity contribution >= 4 is 10.0 Å². The molecule has 0 amide bonds. The van der Waals surface area contributed by atoms with E-state index in [0.717, 1.165) is 25.7 Å². The van der Waals surface area contributed by atoms with Crippen LogP contribution in [0.3, 0.4) is 0 Å². The van der Waals surface area contributed by atoms with Crippen molar-refractivity contribution in [3.8, 4) is 0 Å². The molecule has 1 aliphatic rings. The molecule has 0 saturated heterocycles. The molecule has 0 aromatic heterocycles. The summed E-state index contributed by atoms with van der Waals surface area (Å²) in [6.45, 7) is 0.118. The Kier molecular flexibility index (Phi) is 4.73. The van der Waals surface area contributed by atoms with Crippen LogP contribution in [0.15, 0.2) is 0 Å². The minimum absolute atomic E-state index is 0.0392. The molecule has 0 radical (unpaired) electrons. The highest BCUT2D eigenvalue weighted by molar-refractivity contribution is 7.89. The molecule has 0 atom stereocenters. The first-order chi connectivity index (χ1) is 7.42. The SMILES string of the molecule is CN(C)C1(CNS(=O)(=O)CCO)CCCC1. The van der Waals surface area contributed by atoms with Gasteiger partial charge in [0.2, 0.25) is 10.0 Å². The Morgan fingerprint density at radius 1 is 1.31 bits per heavy atom. The second-order valence-corrected chi connectivity index (χ2v) is 6.62. The Balaban J connectivity index is 2.58. The molecule has 5 nitrogen and oxygen atoms in total. The van der Waals surface area contributed by atoms with E-state index in [1.165, 1.54) is 0 Å². The zero-order valence-electron chi connectivity index (χ0n) is 10.1. The van der Waals surface area contributed by atoms with Crippen LogP contribution in [0.1, 0.15) is 25.7 Å². The predicted octanol–water partition coefficient (Wildman–Crippen LogP) is -0.227. The van der Waals surface area contributed by atoms with E-state index >= 15 is 0 Å². The number of hydrogen-bond acceptors (Lipinski definition) is 4. The van der Waals surface area contributed by atoms with Crippen molar-refractivity contribution in [3.05, 3.63) is 0 Å². The molecule has 1 rings (SSSR count). The highest BCUT2D eigenvalue weighted by atomic mass is 32.2. The minimum atomic E-state index is -3.32. The number of nitrogens with one attached hydrogen (secondary N) is 1. The second kappa shape index (κ2) is 5.44. The fourth-order valence-corrected chi connectivity index (χ4v) is 3.13. The first-order valence-electron chi connectivity index (χ1n) is 5.67. The van der Waals surface area contributed by atoms with Crippen LogP contribution in [0.25, 0.3) is 0 Å². The number of aliphatic hydroxyl groups excluding tert-OH is 1. The normalized spacial score (nSPS) is 20.5. The van der Waals surface area contributed by atoms with Gasteiger partial charge in [0, 0.05) is 12.1 Å². The first kappa shape index (κ1) is 13.9. The van der Waals surface area contributed by atoms with Gasteiger partial charge >= 0.3 is 0 Å². The maximum absolute atomic E-state index is 11.5. The lowest BCUT2D eigenvalue weighted by molar-refractivity contribution is 0.161. The zero-order chi connectivity index (χ0) is 12.2. The first-order valence-corrected chi connectivity index (χ1v) is 7.33. The summed E-state index contributed by atoms with van der Waals surface area (Å²) < 4.78 is 25.5. The summed E-state index contributed by atoms with van der Waals surface area (Å²) in [6.07, 6.45) is 4.36. The van der Waals surface area contributed by atoms with Crippen LogP contribution >= 0.6 is 0 Å². The molecular formula is C10H22N2O3S. The molecule has 0 aliphatic heterocycles. The summed E-state index contributed by atoms with van der Waals surface area (Å²) in [5.41, 5.74) is -0.0392. The van der Waals surface area contributed by atoms with E-state index in [4.69, 9.17) is 5.11 Å². The van der Waals surface area contributed by atoms with Gasteiger partial charge in [-0.05, 0) is 26.9 Å². The third kappa shape index (κ3) is 3.41. The molecule has 1 fully saturated rings. The van der Waals surface area contributed by atoms with Crippen molar-refractivity contribution < 1.29 is 13.5 Å². The molecule has 0 aromatic rings. The molecule has 16 heavy (non-hydrogen) atoms. The van der Waals surface area contributed by atoms with E-state index in [0.29, 0.717) is 6.54 Å². The molecule has 0 heterocycles. The van der Waals surface area contributed by atoms with E-state index < -0.39 is 10.0 Å². The average molecular weight is 250 g/mol. The Morgan fingerprint density at radius 3 is 2.31 bits per heavy atom. The van der Waals surface area contributed by atoms with Gasteiger partial charge in [-0.25, -0.2) is 13.1 Å². The van der Waals surface area contributed by atoms with E-state index in [2.05, 4.69) is 9.62 Å². The van der Waals surface area contributed by atoms with Gasteiger partial charge < -0.3 is 10.0 Å². The summed E-state index contributed by atoms with van der Waals surface area (Å²) in [5.74, 6) is -0.212. The van der Waals surface area contributed by atoms with Gasteiger partial charge in [0.05, 0.1) is 12.4 Å². The quantitative estimate of drug-likeness (QED) is 0.683. The molecule has 2 N–H and O–H groups in total. The van der Waals surface area contributed by atoms with Gasteiger partial charge in [-0.1, -0.05) is 12.8 Å². The number of aliphatic hydroxyl groups is 1. The number of rotatable bonds is 6. The summed E-state index contributed by atoms with van der Waals surface area (Å²) in [7, 11) is 0.666. The van der Waals surface area contributed by atoms with Gasteiger partial charge in [-0.2, -0.15) is 0 Å². The molecule has 96 valence electrons. The van der Waals surface area contributed by atoms with Gasteiger partial charge in [0.15, 0.2) is 0 Å². The molecule has 0 spiro atoms. The van der Waals surface area contributed by atoms with Crippen molar-refractivity contribution in [1.29, 1.82) is 0 Å². The third-order valence-corrected chi connectivity index (χ3v) is 4.77. The van der Waals surface area contributed by atoms with Crippen molar-refractivity contribution in [2.24, 2.45) is 0 Å². The molecule has 0 aromatic carbocycles. The molecule has 1 saturated carbocycles. The summed E-state index contributed by atoms with van der Waals surface area (Å²) in [5, 5.41) is 8.64. The maximum atomic E-state index is 11.5. The number of hydrogen-bond donors (Lipinski definition) is 2. The topological polar surface area (TPSA) is 69.6 Å². The van der Waals surface area contributed by atoms with E-state index in [-0.39, 0.29) is 17.9 Å². The van der Waals surface area contributed by atoms with Crippen molar-refractivity contribution in [2.75, 3.05) is 33.0 Å². The molecule has 0 unspecified atom stereocenters.